The minimum atomic E-state index is 0.161. The highest BCUT2D eigenvalue weighted by molar-refractivity contribution is 7.98. The fourth-order valence-corrected chi connectivity index (χ4v) is 4.72. The first-order valence-electron chi connectivity index (χ1n) is 11.4. The van der Waals surface area contributed by atoms with Gasteiger partial charge in [0.1, 0.15) is 5.75 Å². The summed E-state index contributed by atoms with van der Waals surface area (Å²) in [6, 6.07) is 11.3. The number of thioether (sulfide) groups is 1. The van der Waals surface area contributed by atoms with Gasteiger partial charge in [-0.1, -0.05) is 23.3 Å². The number of hydrogen-bond acceptors (Lipinski definition) is 9. The van der Waals surface area contributed by atoms with Gasteiger partial charge in [-0.05, 0) is 49.2 Å². The minimum absolute atomic E-state index is 0.161. The van der Waals surface area contributed by atoms with Gasteiger partial charge in [0.05, 0.1) is 31.3 Å². The van der Waals surface area contributed by atoms with Gasteiger partial charge >= 0.3 is 0 Å². The van der Waals surface area contributed by atoms with E-state index in [4.69, 9.17) is 9.26 Å². The summed E-state index contributed by atoms with van der Waals surface area (Å²) in [6.45, 7) is 1.14. The zero-order chi connectivity index (χ0) is 24.0. The van der Waals surface area contributed by atoms with Gasteiger partial charge in [0.15, 0.2) is 11.0 Å². The van der Waals surface area contributed by atoms with Gasteiger partial charge in [0, 0.05) is 24.7 Å². The van der Waals surface area contributed by atoms with E-state index in [-0.39, 0.29) is 5.91 Å². The molecule has 1 fully saturated rings. The van der Waals surface area contributed by atoms with Crippen molar-refractivity contribution in [2.75, 3.05) is 13.7 Å². The predicted octanol–water partition coefficient (Wildman–Crippen LogP) is 3.92. The van der Waals surface area contributed by atoms with E-state index in [1.165, 1.54) is 11.8 Å². The first-order chi connectivity index (χ1) is 17.2. The van der Waals surface area contributed by atoms with E-state index >= 15 is 0 Å². The quantitative estimate of drug-likeness (QED) is 0.339. The summed E-state index contributed by atoms with van der Waals surface area (Å²) in [6.07, 6.45) is 7.07. The van der Waals surface area contributed by atoms with Gasteiger partial charge in [-0.15, -0.1) is 10.2 Å². The number of pyridine rings is 1. The van der Waals surface area contributed by atoms with E-state index in [1.54, 1.807) is 19.5 Å². The molecule has 1 amide bonds. The first-order valence-corrected chi connectivity index (χ1v) is 12.4. The van der Waals surface area contributed by atoms with Crippen LogP contribution in [0.4, 0.5) is 0 Å². The summed E-state index contributed by atoms with van der Waals surface area (Å²) in [5, 5.41) is 13.6. The summed E-state index contributed by atoms with van der Waals surface area (Å²) in [5.41, 5.74) is 1.68. The molecule has 11 heteroatoms. The normalized spacial score (nSPS) is 14.2. The van der Waals surface area contributed by atoms with Crippen LogP contribution in [0.25, 0.3) is 17.1 Å². The Morgan fingerprint density at radius 3 is 2.80 bits per heavy atom. The number of rotatable bonds is 8. The van der Waals surface area contributed by atoms with Gasteiger partial charge in [-0.3, -0.25) is 14.3 Å². The largest absolute Gasteiger partial charge is 0.497 e. The Hall–Kier alpha value is -3.73. The van der Waals surface area contributed by atoms with Gasteiger partial charge in [0.2, 0.25) is 17.6 Å². The van der Waals surface area contributed by atoms with Gasteiger partial charge < -0.3 is 14.2 Å². The third-order valence-electron chi connectivity index (χ3n) is 5.75. The number of benzene rings is 1. The van der Waals surface area contributed by atoms with Crippen LogP contribution in [-0.4, -0.2) is 54.4 Å². The fourth-order valence-electron chi connectivity index (χ4n) is 3.92. The van der Waals surface area contributed by atoms with Crippen molar-refractivity contribution in [3.63, 3.8) is 0 Å². The maximum atomic E-state index is 12.6. The number of amides is 1. The molecule has 4 aromatic rings. The summed E-state index contributed by atoms with van der Waals surface area (Å²) >= 11 is 1.44. The van der Waals surface area contributed by atoms with Crippen LogP contribution < -0.4 is 4.74 Å². The second-order valence-electron chi connectivity index (χ2n) is 8.10. The first kappa shape index (κ1) is 23.0. The molecule has 4 heterocycles. The van der Waals surface area contributed by atoms with Crippen molar-refractivity contribution in [3.05, 3.63) is 60.5 Å². The molecular formula is C24H25N7O3S. The smallest absolute Gasteiger partial charge is 0.237 e. The lowest BCUT2D eigenvalue weighted by molar-refractivity contribution is -0.131. The molecule has 0 bridgehead atoms. The van der Waals surface area contributed by atoms with E-state index in [2.05, 4.69) is 25.3 Å². The number of nitrogens with zero attached hydrogens (tertiary/aromatic N) is 7. The molecule has 1 saturated heterocycles. The minimum Gasteiger partial charge on any atom is -0.497 e. The molecule has 0 radical (unpaired) electrons. The lowest BCUT2D eigenvalue weighted by atomic mass is 10.2. The molecule has 0 atom stereocenters. The van der Waals surface area contributed by atoms with Crippen molar-refractivity contribution in [2.45, 2.75) is 43.1 Å². The van der Waals surface area contributed by atoms with Crippen molar-refractivity contribution < 1.29 is 14.1 Å². The van der Waals surface area contributed by atoms with Crippen LogP contribution in [-0.2, 0) is 17.1 Å². The van der Waals surface area contributed by atoms with E-state index < -0.39 is 0 Å². The van der Waals surface area contributed by atoms with Crippen LogP contribution in [0.1, 0.15) is 37.4 Å². The SMILES string of the molecule is COc1ccc(-c2noc(CSc3nnc(CN4CCCCCC4=O)n3-c3cccnc3)n2)cc1. The topological polar surface area (TPSA) is 112 Å². The van der Waals surface area contributed by atoms with E-state index in [1.807, 2.05) is 45.9 Å². The van der Waals surface area contributed by atoms with E-state index in [0.717, 1.165) is 42.8 Å². The Labute approximate surface area is 206 Å². The molecule has 0 aliphatic carbocycles. The van der Waals surface area contributed by atoms with Gasteiger partial charge in [0.25, 0.3) is 0 Å². The van der Waals surface area contributed by atoms with Crippen LogP contribution in [0, 0.1) is 0 Å². The summed E-state index contributed by atoms with van der Waals surface area (Å²) < 4.78 is 12.6. The third kappa shape index (κ3) is 5.35. The van der Waals surface area contributed by atoms with Gasteiger partial charge in [-0.25, -0.2) is 0 Å². The molecule has 0 N–H and O–H groups in total. The number of methoxy groups -OCH3 is 1. The Balaban J connectivity index is 1.35. The van der Waals surface area contributed by atoms with E-state index in [0.29, 0.717) is 41.4 Å². The highest BCUT2D eigenvalue weighted by atomic mass is 32.2. The predicted molar refractivity (Wildman–Crippen MR) is 129 cm³/mol. The second kappa shape index (κ2) is 10.7. The number of aromatic nitrogens is 6. The summed E-state index contributed by atoms with van der Waals surface area (Å²) in [7, 11) is 1.63. The fraction of sp³-hybridized carbons (Fsp3) is 0.333. The highest BCUT2D eigenvalue weighted by Crippen LogP contribution is 2.27. The molecule has 3 aromatic heterocycles. The van der Waals surface area contributed by atoms with Crippen molar-refractivity contribution in [3.8, 4) is 22.8 Å². The second-order valence-corrected chi connectivity index (χ2v) is 9.04. The monoisotopic (exact) mass is 491 g/mol. The number of carbonyl (C=O) groups excluding carboxylic acids is 1. The van der Waals surface area contributed by atoms with Crippen LogP contribution in [0.3, 0.4) is 0 Å². The van der Waals surface area contributed by atoms with Crippen LogP contribution in [0.15, 0.2) is 58.5 Å². The maximum Gasteiger partial charge on any atom is 0.237 e. The van der Waals surface area contributed by atoms with E-state index in [9.17, 15) is 4.79 Å². The van der Waals surface area contributed by atoms with Crippen LogP contribution in [0.2, 0.25) is 0 Å². The van der Waals surface area contributed by atoms with Crippen molar-refractivity contribution >= 4 is 17.7 Å². The summed E-state index contributed by atoms with van der Waals surface area (Å²) in [5.74, 6) is 3.03. The number of carbonyl (C=O) groups is 1. The number of hydrogen-bond donors (Lipinski definition) is 0. The lowest BCUT2D eigenvalue weighted by Crippen LogP contribution is -2.31. The molecule has 0 saturated carbocycles. The molecule has 180 valence electrons. The zero-order valence-electron chi connectivity index (χ0n) is 19.3. The number of likely N-dealkylation sites (tertiary alicyclic amines) is 1. The standard InChI is InChI=1S/C24H25N7O3S/c1-33-19-10-8-17(9-11-19)23-26-21(34-29-23)16-35-24-28-27-20(31(24)18-6-5-12-25-14-18)15-30-13-4-2-3-7-22(30)32/h5-6,8-12,14H,2-4,7,13,15-16H2,1H3. The average molecular weight is 492 g/mol. The molecular weight excluding hydrogens is 466 g/mol. The number of ether oxygens (including phenoxy) is 1. The van der Waals surface area contributed by atoms with Crippen molar-refractivity contribution in [1.82, 2.24) is 34.8 Å². The van der Waals surface area contributed by atoms with Crippen molar-refractivity contribution in [2.24, 2.45) is 0 Å². The molecule has 35 heavy (non-hydrogen) atoms. The Bertz CT molecular complexity index is 1270. The molecule has 1 aromatic carbocycles. The highest BCUT2D eigenvalue weighted by Gasteiger charge is 2.22. The Kier molecular flexibility index (Phi) is 7.03. The molecule has 0 unspecified atom stereocenters. The average Bonchev–Trinajstić information content (AvgIpc) is 3.48. The maximum absolute atomic E-state index is 12.6. The lowest BCUT2D eigenvalue weighted by Gasteiger charge is -2.20. The molecule has 0 spiro atoms. The Morgan fingerprint density at radius 1 is 1.11 bits per heavy atom. The van der Waals surface area contributed by atoms with Crippen LogP contribution >= 0.6 is 11.8 Å². The molecule has 5 rings (SSSR count). The van der Waals surface area contributed by atoms with Crippen LogP contribution in [0.5, 0.6) is 5.75 Å². The molecule has 10 nitrogen and oxygen atoms in total. The Morgan fingerprint density at radius 2 is 2.00 bits per heavy atom. The van der Waals surface area contributed by atoms with Gasteiger partial charge in [-0.2, -0.15) is 4.98 Å². The third-order valence-corrected chi connectivity index (χ3v) is 6.66. The molecule has 1 aliphatic rings. The van der Waals surface area contributed by atoms with Crippen molar-refractivity contribution in [1.29, 1.82) is 0 Å². The summed E-state index contributed by atoms with van der Waals surface area (Å²) in [4.78, 5) is 23.2. The molecule has 1 aliphatic heterocycles. The zero-order valence-corrected chi connectivity index (χ0v) is 20.1.